The van der Waals surface area contributed by atoms with E-state index in [-0.39, 0.29) is 0 Å². The van der Waals surface area contributed by atoms with Crippen molar-refractivity contribution in [1.82, 2.24) is 0 Å². The molecule has 6 heteroatoms. The lowest BCUT2D eigenvalue weighted by atomic mass is 10.1. The molecular weight excluding hydrogens is 261 g/mol. The average Bonchev–Trinajstić information content (AvgIpc) is 2.15. The first-order chi connectivity index (χ1) is 7.38. The number of carbonyl (C=O) groups excluding carboxylic acids is 1. The van der Waals surface area contributed by atoms with E-state index >= 15 is 0 Å². The minimum Gasteiger partial charge on any atom is -0.294 e. The van der Waals surface area contributed by atoms with Crippen molar-refractivity contribution in [3.63, 3.8) is 0 Å². The fourth-order valence-corrected chi connectivity index (χ4v) is 2.90. The van der Waals surface area contributed by atoms with Gasteiger partial charge in [-0.2, -0.15) is 13.2 Å². The van der Waals surface area contributed by atoms with E-state index < -0.39 is 23.6 Å². The monoisotopic (exact) mass is 266 g/mol. The van der Waals surface area contributed by atoms with Crippen molar-refractivity contribution in [2.45, 2.75) is 22.7 Å². The second kappa shape index (κ2) is 3.96. The Bertz CT molecular complexity index is 444. The Kier molecular flexibility index (Phi) is 2.92. The van der Waals surface area contributed by atoms with E-state index in [9.17, 15) is 18.0 Å². The third-order valence-electron chi connectivity index (χ3n) is 2.25. The molecule has 1 atom stereocenters. The highest BCUT2D eigenvalue weighted by molar-refractivity contribution is 8.00. The standard InChI is InChI=1S/C10H6ClF3OS/c11-5-1-2-6-7(15)4-9(10(12,13)14)16-8(6)3-5/h1-3,9H,4H2. The molecule has 0 fully saturated rings. The smallest absolute Gasteiger partial charge is 0.294 e. The van der Waals surface area contributed by atoms with Gasteiger partial charge in [0.05, 0.1) is 0 Å². The van der Waals surface area contributed by atoms with Gasteiger partial charge in [-0.3, -0.25) is 4.79 Å². The van der Waals surface area contributed by atoms with Gasteiger partial charge in [-0.1, -0.05) is 11.6 Å². The topological polar surface area (TPSA) is 17.1 Å². The maximum Gasteiger partial charge on any atom is 0.401 e. The summed E-state index contributed by atoms with van der Waals surface area (Å²) < 4.78 is 37.5. The lowest BCUT2D eigenvalue weighted by molar-refractivity contribution is -0.128. The van der Waals surface area contributed by atoms with Crippen LogP contribution in [0.2, 0.25) is 5.02 Å². The fraction of sp³-hybridized carbons (Fsp3) is 0.300. The Morgan fingerprint density at radius 1 is 1.38 bits per heavy atom. The summed E-state index contributed by atoms with van der Waals surface area (Å²) in [6.07, 6.45) is -4.86. The zero-order chi connectivity index (χ0) is 11.9. The summed E-state index contributed by atoms with van der Waals surface area (Å²) in [4.78, 5) is 11.8. The molecule has 1 heterocycles. The van der Waals surface area contributed by atoms with Gasteiger partial charge in [0, 0.05) is 21.9 Å². The molecule has 0 spiro atoms. The average molecular weight is 267 g/mol. The third-order valence-corrected chi connectivity index (χ3v) is 3.79. The number of rotatable bonds is 0. The Labute approximate surface area is 99.0 Å². The van der Waals surface area contributed by atoms with Crippen molar-refractivity contribution in [1.29, 1.82) is 0 Å². The number of halogens is 4. The summed E-state index contributed by atoms with van der Waals surface area (Å²) in [5.41, 5.74) is 0.329. The Hall–Kier alpha value is -0.680. The minimum atomic E-state index is -4.36. The van der Waals surface area contributed by atoms with Crippen LogP contribution in [0, 0.1) is 0 Å². The largest absolute Gasteiger partial charge is 0.401 e. The van der Waals surface area contributed by atoms with Gasteiger partial charge in [0.15, 0.2) is 5.78 Å². The summed E-state index contributed by atoms with van der Waals surface area (Å²) in [5.74, 6) is -0.479. The third kappa shape index (κ3) is 2.20. The number of hydrogen-bond acceptors (Lipinski definition) is 2. The van der Waals surface area contributed by atoms with Crippen LogP contribution in [0.3, 0.4) is 0 Å². The molecule has 0 aliphatic carbocycles. The highest BCUT2D eigenvalue weighted by Crippen LogP contribution is 2.43. The van der Waals surface area contributed by atoms with Crippen LogP contribution in [0.4, 0.5) is 13.2 Å². The molecule has 0 bridgehead atoms. The maximum absolute atomic E-state index is 12.5. The predicted octanol–water partition coefficient (Wildman–Crippen LogP) is 3.95. The van der Waals surface area contributed by atoms with Crippen LogP contribution in [-0.2, 0) is 0 Å². The molecule has 0 N–H and O–H groups in total. The van der Waals surface area contributed by atoms with Crippen molar-refractivity contribution < 1.29 is 18.0 Å². The molecule has 0 amide bonds. The maximum atomic E-state index is 12.5. The Morgan fingerprint density at radius 2 is 2.06 bits per heavy atom. The summed E-state index contributed by atoms with van der Waals surface area (Å²) in [6.45, 7) is 0. The molecule has 1 nitrogen and oxygen atoms in total. The van der Waals surface area contributed by atoms with Gasteiger partial charge >= 0.3 is 6.18 Å². The van der Waals surface area contributed by atoms with E-state index in [1.54, 1.807) is 0 Å². The summed E-state index contributed by atoms with van der Waals surface area (Å²) in [6, 6.07) is 4.38. The molecule has 1 aliphatic rings. The van der Waals surface area contributed by atoms with E-state index in [4.69, 9.17) is 11.6 Å². The first kappa shape index (κ1) is 11.8. The normalized spacial score (nSPS) is 20.8. The molecule has 1 unspecified atom stereocenters. The molecule has 16 heavy (non-hydrogen) atoms. The zero-order valence-corrected chi connectivity index (χ0v) is 9.42. The molecule has 1 aromatic rings. The lowest BCUT2D eigenvalue weighted by Crippen LogP contribution is -2.31. The number of alkyl halides is 3. The summed E-state index contributed by atoms with van der Waals surface area (Å²) >= 11 is 6.33. The van der Waals surface area contributed by atoms with Crippen molar-refractivity contribution in [2.75, 3.05) is 0 Å². The van der Waals surface area contributed by atoms with Crippen LogP contribution in [0.5, 0.6) is 0 Å². The molecular formula is C10H6ClF3OS. The Morgan fingerprint density at radius 3 is 2.69 bits per heavy atom. The van der Waals surface area contributed by atoms with Crippen LogP contribution in [0.15, 0.2) is 23.1 Å². The fourth-order valence-electron chi connectivity index (χ4n) is 1.48. The first-order valence-electron chi connectivity index (χ1n) is 4.44. The van der Waals surface area contributed by atoms with E-state index in [1.165, 1.54) is 18.2 Å². The van der Waals surface area contributed by atoms with Gasteiger partial charge in [0.2, 0.25) is 0 Å². The van der Waals surface area contributed by atoms with Crippen molar-refractivity contribution in [2.24, 2.45) is 0 Å². The number of thioether (sulfide) groups is 1. The van der Waals surface area contributed by atoms with Crippen molar-refractivity contribution >= 4 is 29.1 Å². The molecule has 0 saturated heterocycles. The molecule has 1 aromatic carbocycles. The molecule has 1 aliphatic heterocycles. The van der Waals surface area contributed by atoms with Gasteiger partial charge in [0.1, 0.15) is 5.25 Å². The van der Waals surface area contributed by atoms with Crippen molar-refractivity contribution in [3.8, 4) is 0 Å². The zero-order valence-electron chi connectivity index (χ0n) is 7.84. The van der Waals surface area contributed by atoms with Gasteiger partial charge in [0.25, 0.3) is 0 Å². The molecule has 0 radical (unpaired) electrons. The van der Waals surface area contributed by atoms with Gasteiger partial charge in [-0.15, -0.1) is 11.8 Å². The number of ketones is 1. The lowest BCUT2D eigenvalue weighted by Gasteiger charge is -2.24. The number of fused-ring (bicyclic) bond motifs is 1. The van der Waals surface area contributed by atoms with E-state index in [1.807, 2.05) is 0 Å². The van der Waals surface area contributed by atoms with Crippen LogP contribution in [0.1, 0.15) is 16.8 Å². The minimum absolute atomic E-state index is 0.311. The van der Waals surface area contributed by atoms with E-state index in [0.29, 0.717) is 27.2 Å². The molecule has 0 saturated carbocycles. The van der Waals surface area contributed by atoms with Gasteiger partial charge in [-0.25, -0.2) is 0 Å². The molecule has 2 rings (SSSR count). The molecule has 86 valence electrons. The quantitative estimate of drug-likeness (QED) is 0.707. The number of Topliss-reactive ketones (excluding diaryl/α,β-unsaturated/α-hetero) is 1. The van der Waals surface area contributed by atoms with E-state index in [2.05, 4.69) is 0 Å². The second-order valence-corrected chi connectivity index (χ2v) is 5.10. The highest BCUT2D eigenvalue weighted by atomic mass is 35.5. The SMILES string of the molecule is O=C1CC(C(F)(F)F)Sc2cc(Cl)ccc21. The van der Waals surface area contributed by atoms with Crippen molar-refractivity contribution in [3.05, 3.63) is 28.8 Å². The van der Waals surface area contributed by atoms with Crippen LogP contribution in [0.25, 0.3) is 0 Å². The second-order valence-electron chi connectivity index (χ2n) is 3.42. The summed E-state index contributed by atoms with van der Waals surface area (Å²) in [7, 11) is 0. The molecule has 0 aromatic heterocycles. The first-order valence-corrected chi connectivity index (χ1v) is 5.70. The Balaban J connectivity index is 2.39. The number of hydrogen-bond donors (Lipinski definition) is 0. The summed E-state index contributed by atoms with van der Waals surface area (Å²) in [5, 5.41) is -1.33. The van der Waals surface area contributed by atoms with Crippen LogP contribution in [-0.4, -0.2) is 17.2 Å². The van der Waals surface area contributed by atoms with Crippen LogP contribution >= 0.6 is 23.4 Å². The van der Waals surface area contributed by atoms with Gasteiger partial charge < -0.3 is 0 Å². The number of carbonyl (C=O) groups is 1. The highest BCUT2D eigenvalue weighted by Gasteiger charge is 2.44. The predicted molar refractivity (Wildman–Crippen MR) is 56.1 cm³/mol. The van der Waals surface area contributed by atoms with E-state index in [0.717, 1.165) is 0 Å². The van der Waals surface area contributed by atoms with Gasteiger partial charge in [-0.05, 0) is 18.2 Å². The number of benzene rings is 1. The van der Waals surface area contributed by atoms with Crippen LogP contribution < -0.4 is 0 Å².